The molecule has 0 saturated carbocycles. The molecule has 1 rings (SSSR count). The third-order valence-electron chi connectivity index (χ3n) is 1.43. The summed E-state index contributed by atoms with van der Waals surface area (Å²) in [5.74, 6) is 0. The molecule has 0 aliphatic heterocycles. The van der Waals surface area contributed by atoms with Gasteiger partial charge in [-0.25, -0.2) is 0 Å². The van der Waals surface area contributed by atoms with Crippen LogP contribution in [0.2, 0.25) is 0 Å². The molecule has 2 N–H and O–H groups in total. The van der Waals surface area contributed by atoms with Crippen LogP contribution in [0.5, 0.6) is 0 Å². The van der Waals surface area contributed by atoms with Crippen molar-refractivity contribution < 1.29 is 13.0 Å². The minimum Gasteiger partial charge on any atom is -0.387 e. The van der Waals surface area contributed by atoms with Crippen molar-refractivity contribution in [3.05, 3.63) is 24.3 Å². The molecule has 0 amide bonds. The fourth-order valence-electron chi connectivity index (χ4n) is 0.898. The number of para-hydroxylation sites is 1. The molecule has 0 unspecified atom stereocenters. The molecular formula is C7H9NO3S. The van der Waals surface area contributed by atoms with E-state index in [1.54, 1.807) is 25.2 Å². The highest BCUT2D eigenvalue weighted by molar-refractivity contribution is 7.86. The number of nitrogens with one attached hydrogen (secondary N) is 1. The van der Waals surface area contributed by atoms with Gasteiger partial charge in [0.1, 0.15) is 4.90 Å². The van der Waals surface area contributed by atoms with Gasteiger partial charge < -0.3 is 5.32 Å². The molecule has 12 heavy (non-hydrogen) atoms. The molecule has 5 heteroatoms. The lowest BCUT2D eigenvalue weighted by molar-refractivity contribution is 0.483. The van der Waals surface area contributed by atoms with Gasteiger partial charge in [-0.3, -0.25) is 4.55 Å². The normalized spacial score (nSPS) is 11.2. The predicted molar refractivity (Wildman–Crippen MR) is 45.8 cm³/mol. The lowest BCUT2D eigenvalue weighted by atomic mass is 10.3. The van der Waals surface area contributed by atoms with Gasteiger partial charge in [0, 0.05) is 7.05 Å². The summed E-state index contributed by atoms with van der Waals surface area (Å²) in [6, 6.07) is 6.13. The van der Waals surface area contributed by atoms with Crippen molar-refractivity contribution in [3.8, 4) is 0 Å². The van der Waals surface area contributed by atoms with E-state index in [-0.39, 0.29) is 4.90 Å². The van der Waals surface area contributed by atoms with Crippen LogP contribution in [0.4, 0.5) is 5.69 Å². The highest BCUT2D eigenvalue weighted by atomic mass is 32.2. The Morgan fingerprint density at radius 3 is 2.33 bits per heavy atom. The molecule has 0 heterocycles. The minimum atomic E-state index is -4.11. The van der Waals surface area contributed by atoms with E-state index in [1.165, 1.54) is 6.07 Å². The summed E-state index contributed by atoms with van der Waals surface area (Å²) in [6.45, 7) is 0. The van der Waals surface area contributed by atoms with Gasteiger partial charge in [0.2, 0.25) is 0 Å². The van der Waals surface area contributed by atoms with Gasteiger partial charge in [-0.05, 0) is 12.1 Å². The Morgan fingerprint density at radius 1 is 1.33 bits per heavy atom. The SMILES string of the molecule is CNc1ccccc1S(=O)(=O)O. The predicted octanol–water partition coefficient (Wildman–Crippen LogP) is 0.975. The molecule has 0 atom stereocenters. The van der Waals surface area contributed by atoms with Gasteiger partial charge in [-0.1, -0.05) is 12.1 Å². The van der Waals surface area contributed by atoms with Crippen molar-refractivity contribution in [2.24, 2.45) is 0 Å². The summed E-state index contributed by atoms with van der Waals surface area (Å²) in [6.07, 6.45) is 0. The molecule has 1 aromatic carbocycles. The van der Waals surface area contributed by atoms with E-state index >= 15 is 0 Å². The van der Waals surface area contributed by atoms with Crippen LogP contribution in [-0.2, 0) is 10.1 Å². The van der Waals surface area contributed by atoms with Crippen LogP contribution in [-0.4, -0.2) is 20.0 Å². The highest BCUT2D eigenvalue weighted by Crippen LogP contribution is 2.18. The van der Waals surface area contributed by atoms with Crippen molar-refractivity contribution in [1.29, 1.82) is 0 Å². The van der Waals surface area contributed by atoms with E-state index in [2.05, 4.69) is 5.32 Å². The fourth-order valence-corrected chi connectivity index (χ4v) is 1.60. The average molecular weight is 187 g/mol. The summed E-state index contributed by atoms with van der Waals surface area (Å²) in [5, 5.41) is 2.66. The topological polar surface area (TPSA) is 66.4 Å². The third kappa shape index (κ3) is 1.75. The number of rotatable bonds is 2. The number of benzene rings is 1. The first kappa shape index (κ1) is 9.02. The Labute approximate surface area is 71.0 Å². The summed E-state index contributed by atoms with van der Waals surface area (Å²) < 4.78 is 30.2. The summed E-state index contributed by atoms with van der Waals surface area (Å²) in [5.41, 5.74) is 0.389. The van der Waals surface area contributed by atoms with Gasteiger partial charge in [0.25, 0.3) is 10.1 Å². The fraction of sp³-hybridized carbons (Fsp3) is 0.143. The Balaban J connectivity index is 3.33. The molecule has 0 fully saturated rings. The van der Waals surface area contributed by atoms with E-state index in [1.807, 2.05) is 0 Å². The Bertz CT molecular complexity index is 372. The van der Waals surface area contributed by atoms with Gasteiger partial charge >= 0.3 is 0 Å². The molecule has 0 spiro atoms. The van der Waals surface area contributed by atoms with E-state index in [4.69, 9.17) is 4.55 Å². The average Bonchev–Trinajstić information content (AvgIpc) is 2.03. The highest BCUT2D eigenvalue weighted by Gasteiger charge is 2.12. The van der Waals surface area contributed by atoms with Crippen molar-refractivity contribution >= 4 is 15.8 Å². The largest absolute Gasteiger partial charge is 0.387 e. The molecule has 0 aliphatic rings. The first-order valence-electron chi connectivity index (χ1n) is 3.30. The van der Waals surface area contributed by atoms with Crippen molar-refractivity contribution in [3.63, 3.8) is 0 Å². The molecule has 66 valence electrons. The molecular weight excluding hydrogens is 178 g/mol. The molecule has 0 radical (unpaired) electrons. The zero-order valence-electron chi connectivity index (χ0n) is 6.48. The lowest BCUT2D eigenvalue weighted by Gasteiger charge is -2.04. The van der Waals surface area contributed by atoms with Crippen LogP contribution in [0.1, 0.15) is 0 Å². The quantitative estimate of drug-likeness (QED) is 0.677. The first-order chi connectivity index (χ1) is 5.55. The van der Waals surface area contributed by atoms with Gasteiger partial charge in [0.15, 0.2) is 0 Å². The maximum atomic E-state index is 10.7. The van der Waals surface area contributed by atoms with E-state index in [0.717, 1.165) is 0 Å². The van der Waals surface area contributed by atoms with Crippen LogP contribution < -0.4 is 5.32 Å². The maximum Gasteiger partial charge on any atom is 0.296 e. The third-order valence-corrected chi connectivity index (χ3v) is 2.35. The maximum absolute atomic E-state index is 10.7. The van der Waals surface area contributed by atoms with Crippen LogP contribution in [0.15, 0.2) is 29.2 Å². The van der Waals surface area contributed by atoms with E-state index in [9.17, 15) is 8.42 Å². The van der Waals surface area contributed by atoms with Gasteiger partial charge in [-0.2, -0.15) is 8.42 Å². The summed E-state index contributed by atoms with van der Waals surface area (Å²) >= 11 is 0. The van der Waals surface area contributed by atoms with Crippen molar-refractivity contribution in [2.45, 2.75) is 4.90 Å². The summed E-state index contributed by atoms with van der Waals surface area (Å²) in [7, 11) is -2.52. The molecule has 1 aromatic rings. The molecule has 0 bridgehead atoms. The van der Waals surface area contributed by atoms with Gasteiger partial charge in [0.05, 0.1) is 5.69 Å². The molecule has 0 saturated heterocycles. The zero-order chi connectivity index (χ0) is 9.19. The number of hydrogen-bond acceptors (Lipinski definition) is 3. The van der Waals surface area contributed by atoms with Gasteiger partial charge in [-0.15, -0.1) is 0 Å². The molecule has 0 aromatic heterocycles. The minimum absolute atomic E-state index is 0.104. The molecule has 4 nitrogen and oxygen atoms in total. The second-order valence-corrected chi connectivity index (χ2v) is 3.61. The number of anilines is 1. The van der Waals surface area contributed by atoms with E-state index < -0.39 is 10.1 Å². The van der Waals surface area contributed by atoms with E-state index in [0.29, 0.717) is 5.69 Å². The monoisotopic (exact) mass is 187 g/mol. The zero-order valence-corrected chi connectivity index (χ0v) is 7.30. The summed E-state index contributed by atoms with van der Waals surface area (Å²) in [4.78, 5) is -0.104. The van der Waals surface area contributed by atoms with Crippen LogP contribution in [0.25, 0.3) is 0 Å². The van der Waals surface area contributed by atoms with Crippen molar-refractivity contribution in [1.82, 2.24) is 0 Å². The second-order valence-electron chi connectivity index (χ2n) is 2.22. The lowest BCUT2D eigenvalue weighted by Crippen LogP contribution is -2.02. The Morgan fingerprint density at radius 2 is 1.92 bits per heavy atom. The number of hydrogen-bond donors (Lipinski definition) is 2. The Hall–Kier alpha value is -1.07. The molecule has 0 aliphatic carbocycles. The second kappa shape index (κ2) is 3.12. The van der Waals surface area contributed by atoms with Crippen molar-refractivity contribution in [2.75, 3.05) is 12.4 Å². The van der Waals surface area contributed by atoms with Crippen LogP contribution in [0.3, 0.4) is 0 Å². The first-order valence-corrected chi connectivity index (χ1v) is 4.74. The van der Waals surface area contributed by atoms with Crippen LogP contribution in [0, 0.1) is 0 Å². The smallest absolute Gasteiger partial charge is 0.296 e. The standard InChI is InChI=1S/C7H9NO3S/c1-8-6-4-2-3-5-7(6)12(9,10)11/h2-5,8H,1H3,(H,9,10,11). The van der Waals surface area contributed by atoms with Crippen LogP contribution >= 0.6 is 0 Å². The Kier molecular flexibility index (Phi) is 2.35.